The van der Waals surface area contributed by atoms with E-state index in [1.165, 1.54) is 0 Å². The van der Waals surface area contributed by atoms with Crippen LogP contribution in [0.2, 0.25) is 5.02 Å². The number of hydrogen-bond donors (Lipinski definition) is 2. The molecule has 4 amide bonds. The Hall–Kier alpha value is -3.15. The third-order valence-corrected chi connectivity index (χ3v) is 11.3. The van der Waals surface area contributed by atoms with Gasteiger partial charge in [0.1, 0.15) is 0 Å². The van der Waals surface area contributed by atoms with Crippen molar-refractivity contribution in [1.29, 1.82) is 0 Å². The lowest BCUT2D eigenvalue weighted by Gasteiger charge is -2.56. The monoisotopic (exact) mass is 652 g/mol. The van der Waals surface area contributed by atoms with E-state index in [1.807, 2.05) is 32.9 Å². The van der Waals surface area contributed by atoms with Gasteiger partial charge in [0.2, 0.25) is 23.6 Å². The highest BCUT2D eigenvalue weighted by atomic mass is 35.5. The topological polar surface area (TPSA) is 118 Å². The van der Waals surface area contributed by atoms with Crippen molar-refractivity contribution in [3.05, 3.63) is 34.5 Å². The number of ether oxygens (including phenoxy) is 1. The summed E-state index contributed by atoms with van der Waals surface area (Å²) in [6.45, 7) is 8.88. The van der Waals surface area contributed by atoms with Crippen molar-refractivity contribution >= 4 is 46.1 Å². The second kappa shape index (κ2) is 12.8. The van der Waals surface area contributed by atoms with Gasteiger partial charge in [-0.25, -0.2) is 0 Å². The van der Waals surface area contributed by atoms with Gasteiger partial charge in [0, 0.05) is 98.8 Å². The molecule has 0 unspecified atom stereocenters. The summed E-state index contributed by atoms with van der Waals surface area (Å²) >= 11 is 6.42. The molecule has 2 N–H and O–H groups in total. The Balaban J connectivity index is 1.15. The quantitative estimate of drug-likeness (QED) is 0.452. The molecule has 46 heavy (non-hydrogen) atoms. The minimum absolute atomic E-state index is 0.000125. The third-order valence-electron chi connectivity index (χ3n) is 11.0. The molecule has 1 aliphatic carbocycles. The molecule has 1 saturated carbocycles. The second-order valence-electron chi connectivity index (χ2n) is 13.6. The number of nitrogens with zero attached hydrogens (tertiary/aromatic N) is 4. The molecule has 3 atom stereocenters. The van der Waals surface area contributed by atoms with Crippen LogP contribution in [0.3, 0.4) is 0 Å². The van der Waals surface area contributed by atoms with E-state index in [0.29, 0.717) is 76.8 Å². The molecule has 0 spiro atoms. The molecule has 1 aromatic heterocycles. The van der Waals surface area contributed by atoms with Gasteiger partial charge in [-0.3, -0.25) is 24.1 Å². The SMILES string of the molecule is CC[C@]12c3[nH]c4ccc(Cl)cc4c3CCN1C(=O)[C@@H](CC(=O)NCCN1CCOCC1)C[C@@H]2C(=O)N1CCN(C(=O)C2CC2)CC1. The zero-order valence-corrected chi connectivity index (χ0v) is 27.4. The molecule has 5 aliphatic rings. The zero-order chi connectivity index (χ0) is 32.0. The normalized spacial score (nSPS) is 27.0. The van der Waals surface area contributed by atoms with Crippen molar-refractivity contribution in [1.82, 2.24) is 29.9 Å². The zero-order valence-electron chi connectivity index (χ0n) is 26.7. The van der Waals surface area contributed by atoms with Crippen LogP contribution in [0.5, 0.6) is 0 Å². The summed E-state index contributed by atoms with van der Waals surface area (Å²) in [6, 6.07) is 5.78. The van der Waals surface area contributed by atoms with E-state index in [-0.39, 0.29) is 36.0 Å². The third kappa shape index (κ3) is 5.68. The molecule has 5 heterocycles. The number of hydrogen-bond acceptors (Lipinski definition) is 6. The van der Waals surface area contributed by atoms with Crippen LogP contribution in [0.25, 0.3) is 10.9 Å². The number of carbonyl (C=O) groups is 4. The van der Waals surface area contributed by atoms with Crippen LogP contribution in [0.1, 0.15) is 50.3 Å². The summed E-state index contributed by atoms with van der Waals surface area (Å²) in [5.74, 6) is -0.978. The predicted molar refractivity (Wildman–Crippen MR) is 173 cm³/mol. The molecule has 248 valence electrons. The highest BCUT2D eigenvalue weighted by molar-refractivity contribution is 6.31. The number of benzene rings is 1. The minimum Gasteiger partial charge on any atom is -0.379 e. The highest BCUT2D eigenvalue weighted by Crippen LogP contribution is 2.52. The van der Waals surface area contributed by atoms with Crippen molar-refractivity contribution < 1.29 is 23.9 Å². The first-order valence-corrected chi connectivity index (χ1v) is 17.4. The summed E-state index contributed by atoms with van der Waals surface area (Å²) in [4.78, 5) is 66.6. The van der Waals surface area contributed by atoms with E-state index in [4.69, 9.17) is 16.3 Å². The van der Waals surface area contributed by atoms with Gasteiger partial charge in [-0.05, 0) is 55.9 Å². The Kier molecular flexibility index (Phi) is 8.75. The number of rotatable bonds is 8. The Labute approximate surface area is 274 Å². The van der Waals surface area contributed by atoms with E-state index >= 15 is 0 Å². The first-order valence-electron chi connectivity index (χ1n) is 17.1. The molecule has 7 rings (SSSR count). The number of amides is 4. The standard InChI is InChI=1S/C34H45ClN6O5/c1-2-34-27(33(45)40-13-11-39(12-14-40)31(43)22-3-4-22)19-23(20-29(42)36-8-10-38-15-17-46-18-16-38)32(44)41(34)9-7-25-26-21-24(35)5-6-28(26)37-30(25)34/h5-6,21-23,27,37H,2-4,7-20H2,1H3,(H,36,42)/t23-,27-,34+/m1/s1. The van der Waals surface area contributed by atoms with E-state index in [9.17, 15) is 19.2 Å². The minimum atomic E-state index is -0.864. The number of fused-ring (bicyclic) bond motifs is 5. The number of carbonyl (C=O) groups excluding carboxylic acids is 4. The molecule has 1 aromatic carbocycles. The summed E-state index contributed by atoms with van der Waals surface area (Å²) in [5, 5.41) is 4.70. The van der Waals surface area contributed by atoms with Gasteiger partial charge in [0.15, 0.2) is 0 Å². The smallest absolute Gasteiger partial charge is 0.228 e. The Bertz CT molecular complexity index is 1510. The van der Waals surface area contributed by atoms with Crippen molar-refractivity contribution in [2.45, 2.75) is 51.0 Å². The van der Waals surface area contributed by atoms with Crippen LogP contribution >= 0.6 is 11.6 Å². The van der Waals surface area contributed by atoms with Gasteiger partial charge in [0.05, 0.1) is 24.7 Å². The van der Waals surface area contributed by atoms with Gasteiger partial charge in [-0.1, -0.05) is 18.5 Å². The van der Waals surface area contributed by atoms with Crippen molar-refractivity contribution in [2.24, 2.45) is 17.8 Å². The average molecular weight is 653 g/mol. The molecule has 3 saturated heterocycles. The fourth-order valence-corrected chi connectivity index (χ4v) is 8.57. The van der Waals surface area contributed by atoms with Gasteiger partial charge in [-0.15, -0.1) is 0 Å². The maximum atomic E-state index is 14.7. The predicted octanol–water partition coefficient (Wildman–Crippen LogP) is 2.37. The molecule has 4 aliphatic heterocycles. The van der Waals surface area contributed by atoms with E-state index in [2.05, 4.69) is 22.1 Å². The largest absolute Gasteiger partial charge is 0.379 e. The molecule has 4 fully saturated rings. The first kappa shape index (κ1) is 31.4. The number of piperidine rings is 1. The molecule has 2 aromatic rings. The van der Waals surface area contributed by atoms with Crippen molar-refractivity contribution in [3.63, 3.8) is 0 Å². The van der Waals surface area contributed by atoms with Crippen LogP contribution in [0.4, 0.5) is 0 Å². The lowest BCUT2D eigenvalue weighted by atomic mass is 9.65. The van der Waals surface area contributed by atoms with Crippen LogP contribution < -0.4 is 5.32 Å². The first-order chi connectivity index (χ1) is 22.3. The summed E-state index contributed by atoms with van der Waals surface area (Å²) in [5.41, 5.74) is 2.11. The molecule has 11 nitrogen and oxygen atoms in total. The maximum Gasteiger partial charge on any atom is 0.228 e. The number of H-pyrrole nitrogens is 1. The van der Waals surface area contributed by atoms with Gasteiger partial charge >= 0.3 is 0 Å². The molecular weight excluding hydrogens is 608 g/mol. The lowest BCUT2D eigenvalue weighted by Crippen LogP contribution is -2.66. The number of aromatic amines is 1. The number of halogens is 1. The highest BCUT2D eigenvalue weighted by Gasteiger charge is 2.59. The van der Waals surface area contributed by atoms with E-state index in [0.717, 1.165) is 54.6 Å². The Morgan fingerprint density at radius 3 is 2.43 bits per heavy atom. The summed E-state index contributed by atoms with van der Waals surface area (Å²) in [7, 11) is 0. The number of nitrogens with one attached hydrogen (secondary N) is 2. The van der Waals surface area contributed by atoms with Gasteiger partial charge < -0.3 is 29.7 Å². The van der Waals surface area contributed by atoms with Crippen LogP contribution in [0.15, 0.2) is 18.2 Å². The Morgan fingerprint density at radius 1 is 1.02 bits per heavy atom. The maximum absolute atomic E-state index is 14.7. The van der Waals surface area contributed by atoms with Crippen LogP contribution in [0, 0.1) is 17.8 Å². The molecule has 0 bridgehead atoms. The van der Waals surface area contributed by atoms with Gasteiger partial charge in [-0.2, -0.15) is 0 Å². The van der Waals surface area contributed by atoms with Crippen LogP contribution in [-0.2, 0) is 35.9 Å². The van der Waals surface area contributed by atoms with E-state index in [1.54, 1.807) is 0 Å². The number of aromatic nitrogens is 1. The fourth-order valence-electron chi connectivity index (χ4n) is 8.40. The number of morpholine rings is 1. The second-order valence-corrected chi connectivity index (χ2v) is 14.0. The fraction of sp³-hybridized carbons (Fsp3) is 0.647. The lowest BCUT2D eigenvalue weighted by molar-refractivity contribution is -0.167. The molecular formula is C34H45ClN6O5. The summed E-state index contributed by atoms with van der Waals surface area (Å²) < 4.78 is 5.42. The Morgan fingerprint density at radius 2 is 1.74 bits per heavy atom. The summed E-state index contributed by atoms with van der Waals surface area (Å²) in [6.07, 6.45) is 3.48. The van der Waals surface area contributed by atoms with Crippen molar-refractivity contribution in [2.75, 3.05) is 72.1 Å². The van der Waals surface area contributed by atoms with Gasteiger partial charge in [0.25, 0.3) is 0 Å². The van der Waals surface area contributed by atoms with Crippen LogP contribution in [-0.4, -0.2) is 120 Å². The molecule has 12 heteroatoms. The molecule has 0 radical (unpaired) electrons. The van der Waals surface area contributed by atoms with E-state index < -0.39 is 17.4 Å². The average Bonchev–Trinajstić information content (AvgIpc) is 3.86. The van der Waals surface area contributed by atoms with Crippen molar-refractivity contribution in [3.8, 4) is 0 Å². The number of piperazine rings is 1.